The van der Waals surface area contributed by atoms with E-state index in [-0.39, 0.29) is 28.8 Å². The fourth-order valence-corrected chi connectivity index (χ4v) is 2.23. The summed E-state index contributed by atoms with van der Waals surface area (Å²) in [5.74, 6) is -1.29. The SMILES string of the molecule is Cc1ccoc1C(=O)NCCCNC(=O)c1c(F)cccc1Cl. The molecule has 122 valence electrons. The molecule has 7 heteroatoms. The molecular formula is C16H16ClFN2O3. The number of halogens is 2. The fraction of sp³-hybridized carbons (Fsp3) is 0.250. The first kappa shape index (κ1) is 17.0. The summed E-state index contributed by atoms with van der Waals surface area (Å²) in [7, 11) is 0. The Kier molecular flexibility index (Phi) is 5.76. The number of hydrogen-bond acceptors (Lipinski definition) is 3. The molecule has 5 nitrogen and oxygen atoms in total. The van der Waals surface area contributed by atoms with Gasteiger partial charge in [-0.05, 0) is 31.5 Å². The Labute approximate surface area is 137 Å². The van der Waals surface area contributed by atoms with Gasteiger partial charge in [-0.25, -0.2) is 4.39 Å². The van der Waals surface area contributed by atoms with Crippen molar-refractivity contribution in [3.05, 3.63) is 58.3 Å². The zero-order valence-electron chi connectivity index (χ0n) is 12.5. The van der Waals surface area contributed by atoms with Crippen LogP contribution in [0.1, 0.15) is 32.9 Å². The maximum absolute atomic E-state index is 13.6. The van der Waals surface area contributed by atoms with E-state index in [1.54, 1.807) is 13.0 Å². The Morgan fingerprint density at radius 1 is 1.17 bits per heavy atom. The van der Waals surface area contributed by atoms with Crippen molar-refractivity contribution in [2.75, 3.05) is 13.1 Å². The fourth-order valence-electron chi connectivity index (χ4n) is 1.98. The number of carbonyl (C=O) groups excluding carboxylic acids is 2. The van der Waals surface area contributed by atoms with Crippen LogP contribution >= 0.6 is 11.6 Å². The molecular weight excluding hydrogens is 323 g/mol. The van der Waals surface area contributed by atoms with E-state index in [9.17, 15) is 14.0 Å². The van der Waals surface area contributed by atoms with Crippen LogP contribution in [0, 0.1) is 12.7 Å². The van der Waals surface area contributed by atoms with Crippen LogP contribution in [0.25, 0.3) is 0 Å². The van der Waals surface area contributed by atoms with Crippen molar-refractivity contribution in [2.45, 2.75) is 13.3 Å². The van der Waals surface area contributed by atoms with Crippen molar-refractivity contribution in [3.8, 4) is 0 Å². The van der Waals surface area contributed by atoms with E-state index >= 15 is 0 Å². The largest absolute Gasteiger partial charge is 0.459 e. The summed E-state index contributed by atoms with van der Waals surface area (Å²) in [4.78, 5) is 23.7. The summed E-state index contributed by atoms with van der Waals surface area (Å²) in [6.45, 7) is 2.40. The minimum atomic E-state index is -0.670. The molecule has 2 rings (SSSR count). The highest BCUT2D eigenvalue weighted by atomic mass is 35.5. The van der Waals surface area contributed by atoms with E-state index in [0.29, 0.717) is 13.0 Å². The highest BCUT2D eigenvalue weighted by Crippen LogP contribution is 2.18. The molecule has 2 aromatic rings. The normalized spacial score (nSPS) is 10.4. The molecule has 0 aliphatic rings. The topological polar surface area (TPSA) is 71.3 Å². The molecule has 2 N–H and O–H groups in total. The minimum absolute atomic E-state index is 0.0593. The maximum Gasteiger partial charge on any atom is 0.287 e. The second kappa shape index (κ2) is 7.78. The lowest BCUT2D eigenvalue weighted by Gasteiger charge is -2.08. The van der Waals surface area contributed by atoms with Crippen LogP contribution in [0.2, 0.25) is 5.02 Å². The number of nitrogens with one attached hydrogen (secondary N) is 2. The zero-order chi connectivity index (χ0) is 16.8. The molecule has 0 bridgehead atoms. The third-order valence-electron chi connectivity index (χ3n) is 3.18. The Morgan fingerprint density at radius 3 is 2.48 bits per heavy atom. The van der Waals surface area contributed by atoms with E-state index in [4.69, 9.17) is 16.0 Å². The van der Waals surface area contributed by atoms with Gasteiger partial charge in [0.1, 0.15) is 5.82 Å². The molecule has 0 unspecified atom stereocenters. The van der Waals surface area contributed by atoms with Crippen LogP contribution in [-0.4, -0.2) is 24.9 Å². The predicted octanol–water partition coefficient (Wildman–Crippen LogP) is 2.93. The predicted molar refractivity (Wildman–Crippen MR) is 84.1 cm³/mol. The van der Waals surface area contributed by atoms with Crippen molar-refractivity contribution in [3.63, 3.8) is 0 Å². The van der Waals surface area contributed by atoms with Gasteiger partial charge in [0, 0.05) is 18.7 Å². The first-order valence-corrected chi connectivity index (χ1v) is 7.43. The van der Waals surface area contributed by atoms with Crippen molar-refractivity contribution < 1.29 is 18.4 Å². The lowest BCUT2D eigenvalue weighted by atomic mass is 10.2. The molecule has 23 heavy (non-hydrogen) atoms. The molecule has 2 amide bonds. The van der Waals surface area contributed by atoms with Gasteiger partial charge in [0.15, 0.2) is 5.76 Å². The van der Waals surface area contributed by atoms with Gasteiger partial charge in [0.25, 0.3) is 11.8 Å². The number of amides is 2. The van der Waals surface area contributed by atoms with Crippen LogP contribution in [0.5, 0.6) is 0 Å². The summed E-state index contributed by atoms with van der Waals surface area (Å²) in [6.07, 6.45) is 1.94. The molecule has 1 aromatic carbocycles. The van der Waals surface area contributed by atoms with Crippen LogP contribution in [0.3, 0.4) is 0 Å². The van der Waals surface area contributed by atoms with Gasteiger partial charge in [-0.3, -0.25) is 9.59 Å². The van der Waals surface area contributed by atoms with Gasteiger partial charge in [-0.15, -0.1) is 0 Å². The van der Waals surface area contributed by atoms with E-state index < -0.39 is 11.7 Å². The van der Waals surface area contributed by atoms with Crippen molar-refractivity contribution in [1.29, 1.82) is 0 Å². The molecule has 1 aromatic heterocycles. The Hall–Kier alpha value is -2.34. The Bertz CT molecular complexity index is 695. The second-order valence-corrected chi connectivity index (χ2v) is 5.30. The maximum atomic E-state index is 13.6. The molecule has 0 fully saturated rings. The molecule has 0 aliphatic carbocycles. The van der Waals surface area contributed by atoms with Crippen molar-refractivity contribution in [1.82, 2.24) is 10.6 Å². The first-order chi connectivity index (χ1) is 11.0. The monoisotopic (exact) mass is 338 g/mol. The van der Waals surface area contributed by atoms with Gasteiger partial charge in [0.05, 0.1) is 16.8 Å². The van der Waals surface area contributed by atoms with E-state index in [0.717, 1.165) is 5.56 Å². The molecule has 0 saturated heterocycles. The molecule has 0 radical (unpaired) electrons. The molecule has 0 spiro atoms. The second-order valence-electron chi connectivity index (χ2n) is 4.89. The highest BCUT2D eigenvalue weighted by molar-refractivity contribution is 6.33. The quantitative estimate of drug-likeness (QED) is 0.795. The Morgan fingerprint density at radius 2 is 1.87 bits per heavy atom. The average molecular weight is 339 g/mol. The summed E-state index contributed by atoms with van der Waals surface area (Å²) < 4.78 is 18.6. The summed E-state index contributed by atoms with van der Waals surface area (Å²) in [5, 5.41) is 5.30. The van der Waals surface area contributed by atoms with Gasteiger partial charge >= 0.3 is 0 Å². The number of rotatable bonds is 6. The van der Waals surface area contributed by atoms with Crippen LogP contribution in [0.15, 0.2) is 34.9 Å². The van der Waals surface area contributed by atoms with E-state index in [1.165, 1.54) is 24.5 Å². The van der Waals surface area contributed by atoms with Crippen molar-refractivity contribution >= 4 is 23.4 Å². The van der Waals surface area contributed by atoms with Crippen LogP contribution in [-0.2, 0) is 0 Å². The van der Waals surface area contributed by atoms with Crippen LogP contribution < -0.4 is 10.6 Å². The molecule has 1 heterocycles. The summed E-state index contributed by atoms with van der Waals surface area (Å²) in [6, 6.07) is 5.76. The van der Waals surface area contributed by atoms with Gasteiger partial charge < -0.3 is 15.1 Å². The average Bonchev–Trinajstić information content (AvgIpc) is 2.92. The third kappa shape index (κ3) is 4.32. The zero-order valence-corrected chi connectivity index (χ0v) is 13.2. The highest BCUT2D eigenvalue weighted by Gasteiger charge is 2.15. The standard InChI is InChI=1S/C16H16ClFN2O3/c1-10-6-9-23-14(10)16(22)20-8-3-7-19-15(21)13-11(17)4-2-5-12(13)18/h2,4-6,9H,3,7-8H2,1H3,(H,19,21)(H,20,22). The Balaban J connectivity index is 1.75. The summed E-state index contributed by atoms with van der Waals surface area (Å²) >= 11 is 5.81. The number of furan rings is 1. The lowest BCUT2D eigenvalue weighted by Crippen LogP contribution is -2.30. The smallest absolute Gasteiger partial charge is 0.287 e. The van der Waals surface area contributed by atoms with E-state index in [2.05, 4.69) is 10.6 Å². The third-order valence-corrected chi connectivity index (χ3v) is 3.50. The van der Waals surface area contributed by atoms with E-state index in [1.807, 2.05) is 0 Å². The molecule has 0 atom stereocenters. The van der Waals surface area contributed by atoms with Gasteiger partial charge in [0.2, 0.25) is 0 Å². The number of benzene rings is 1. The number of carbonyl (C=O) groups is 2. The van der Waals surface area contributed by atoms with Crippen molar-refractivity contribution in [2.24, 2.45) is 0 Å². The van der Waals surface area contributed by atoms with Gasteiger partial charge in [-0.1, -0.05) is 17.7 Å². The number of aryl methyl sites for hydroxylation is 1. The molecule has 0 saturated carbocycles. The first-order valence-electron chi connectivity index (χ1n) is 7.05. The van der Waals surface area contributed by atoms with Crippen LogP contribution in [0.4, 0.5) is 4.39 Å². The lowest BCUT2D eigenvalue weighted by molar-refractivity contribution is 0.0924. The number of hydrogen-bond donors (Lipinski definition) is 2. The minimum Gasteiger partial charge on any atom is -0.459 e. The molecule has 0 aliphatic heterocycles. The summed E-state index contributed by atoms with van der Waals surface area (Å²) in [5.41, 5.74) is 0.578. The van der Waals surface area contributed by atoms with Gasteiger partial charge in [-0.2, -0.15) is 0 Å².